The fourth-order valence-corrected chi connectivity index (χ4v) is 3.59. The Morgan fingerprint density at radius 3 is 2.62 bits per heavy atom. The molecule has 4 atom stereocenters. The molecule has 0 aliphatic heterocycles. The molecular weight excluding hydrogens is 238 g/mol. The van der Waals surface area contributed by atoms with Crippen molar-refractivity contribution in [3.05, 3.63) is 22.4 Å². The lowest BCUT2D eigenvalue weighted by atomic mass is 10.1. The fourth-order valence-electron chi connectivity index (χ4n) is 1.42. The van der Waals surface area contributed by atoms with Crippen LogP contribution >= 0.6 is 23.1 Å². The van der Waals surface area contributed by atoms with Crippen LogP contribution in [0.2, 0.25) is 0 Å². The molecule has 2 nitrogen and oxygen atoms in total. The van der Waals surface area contributed by atoms with Crippen molar-refractivity contribution in [1.82, 2.24) is 0 Å². The Morgan fingerprint density at radius 1 is 1.50 bits per heavy atom. The minimum absolute atomic E-state index is 0.154. The van der Waals surface area contributed by atoms with E-state index >= 15 is 0 Å². The zero-order chi connectivity index (χ0) is 12.1. The zero-order valence-corrected chi connectivity index (χ0v) is 11.7. The highest BCUT2D eigenvalue weighted by molar-refractivity contribution is 8.00. The van der Waals surface area contributed by atoms with Gasteiger partial charge in [0.25, 0.3) is 0 Å². The standard InChI is InChI=1S/C12H21NOS2/c1-4-11(13)12(10-5-6-15-7-10)16-9(3)8(2)14/h5-9,11-12,14H,4,13H2,1-3H3. The van der Waals surface area contributed by atoms with E-state index in [1.54, 1.807) is 23.1 Å². The van der Waals surface area contributed by atoms with E-state index in [4.69, 9.17) is 5.73 Å². The summed E-state index contributed by atoms with van der Waals surface area (Å²) in [6.07, 6.45) is 0.662. The molecule has 0 saturated carbocycles. The first-order valence-corrected chi connectivity index (χ1v) is 7.56. The van der Waals surface area contributed by atoms with E-state index in [9.17, 15) is 5.11 Å². The molecule has 92 valence electrons. The first-order chi connectivity index (χ1) is 7.56. The highest BCUT2D eigenvalue weighted by Gasteiger charge is 2.23. The molecular formula is C12H21NOS2. The lowest BCUT2D eigenvalue weighted by molar-refractivity contribution is 0.196. The molecule has 16 heavy (non-hydrogen) atoms. The SMILES string of the molecule is CCC(N)C(SC(C)C(C)O)c1ccsc1. The maximum Gasteiger partial charge on any atom is 0.0628 e. The van der Waals surface area contributed by atoms with Crippen molar-refractivity contribution >= 4 is 23.1 Å². The van der Waals surface area contributed by atoms with E-state index in [2.05, 4.69) is 30.7 Å². The van der Waals surface area contributed by atoms with Gasteiger partial charge in [0.05, 0.1) is 6.10 Å². The van der Waals surface area contributed by atoms with Gasteiger partial charge in [0.1, 0.15) is 0 Å². The van der Waals surface area contributed by atoms with Crippen LogP contribution in [0.4, 0.5) is 0 Å². The van der Waals surface area contributed by atoms with Crippen molar-refractivity contribution in [2.45, 2.75) is 49.8 Å². The molecule has 0 saturated heterocycles. The summed E-state index contributed by atoms with van der Waals surface area (Å²) < 4.78 is 0. The quantitative estimate of drug-likeness (QED) is 0.825. The van der Waals surface area contributed by atoms with Gasteiger partial charge in [-0.15, -0.1) is 11.8 Å². The molecule has 1 aromatic rings. The Bertz CT molecular complexity index is 287. The predicted octanol–water partition coefficient (Wildman–Crippen LogP) is 3.03. The van der Waals surface area contributed by atoms with Crippen molar-refractivity contribution in [3.63, 3.8) is 0 Å². The van der Waals surface area contributed by atoms with Crippen molar-refractivity contribution in [1.29, 1.82) is 0 Å². The second-order valence-corrected chi connectivity index (χ2v) is 6.43. The first-order valence-electron chi connectivity index (χ1n) is 5.67. The number of thiophene rings is 1. The van der Waals surface area contributed by atoms with E-state index in [-0.39, 0.29) is 17.4 Å². The van der Waals surface area contributed by atoms with Crippen molar-refractivity contribution in [3.8, 4) is 0 Å². The van der Waals surface area contributed by atoms with Crippen LogP contribution in [0.15, 0.2) is 16.8 Å². The molecule has 0 spiro atoms. The van der Waals surface area contributed by atoms with Crippen LogP contribution in [0.5, 0.6) is 0 Å². The second-order valence-electron chi connectivity index (χ2n) is 4.13. The fraction of sp³-hybridized carbons (Fsp3) is 0.667. The van der Waals surface area contributed by atoms with Crippen molar-refractivity contribution in [2.75, 3.05) is 0 Å². The first kappa shape index (κ1) is 14.0. The van der Waals surface area contributed by atoms with Crippen LogP contribution in [-0.4, -0.2) is 22.5 Å². The molecule has 0 aliphatic carbocycles. The monoisotopic (exact) mass is 259 g/mol. The number of rotatable bonds is 6. The molecule has 0 amide bonds. The Morgan fingerprint density at radius 2 is 2.19 bits per heavy atom. The molecule has 0 aromatic carbocycles. The number of hydrogen-bond donors (Lipinski definition) is 2. The summed E-state index contributed by atoms with van der Waals surface area (Å²) in [5, 5.41) is 14.3. The molecule has 1 rings (SSSR count). The molecule has 0 aliphatic rings. The average molecular weight is 259 g/mol. The van der Waals surface area contributed by atoms with Crippen LogP contribution in [0, 0.1) is 0 Å². The topological polar surface area (TPSA) is 46.2 Å². The lowest BCUT2D eigenvalue weighted by Gasteiger charge is -2.26. The van der Waals surface area contributed by atoms with Gasteiger partial charge in [-0.05, 0) is 35.7 Å². The maximum atomic E-state index is 9.56. The minimum Gasteiger partial charge on any atom is -0.392 e. The molecule has 0 fully saturated rings. The molecule has 3 N–H and O–H groups in total. The van der Waals surface area contributed by atoms with Crippen molar-refractivity contribution in [2.24, 2.45) is 5.73 Å². The van der Waals surface area contributed by atoms with E-state index in [0.717, 1.165) is 6.42 Å². The van der Waals surface area contributed by atoms with Crippen LogP contribution in [0.3, 0.4) is 0 Å². The second kappa shape index (κ2) is 6.64. The maximum absolute atomic E-state index is 9.56. The molecule has 0 bridgehead atoms. The Balaban J connectivity index is 2.73. The highest BCUT2D eigenvalue weighted by Crippen LogP contribution is 2.37. The number of hydrogen-bond acceptors (Lipinski definition) is 4. The summed E-state index contributed by atoms with van der Waals surface area (Å²) in [7, 11) is 0. The van der Waals surface area contributed by atoms with Crippen LogP contribution in [-0.2, 0) is 0 Å². The lowest BCUT2D eigenvalue weighted by Crippen LogP contribution is -2.28. The molecule has 4 unspecified atom stereocenters. The highest BCUT2D eigenvalue weighted by atomic mass is 32.2. The van der Waals surface area contributed by atoms with Gasteiger partial charge in [-0.2, -0.15) is 11.3 Å². The van der Waals surface area contributed by atoms with Gasteiger partial charge >= 0.3 is 0 Å². The van der Waals surface area contributed by atoms with E-state index in [1.807, 2.05) is 6.92 Å². The number of nitrogens with two attached hydrogens (primary N) is 1. The predicted molar refractivity (Wildman–Crippen MR) is 74.1 cm³/mol. The van der Waals surface area contributed by atoms with Crippen LogP contribution in [0.25, 0.3) is 0 Å². The Labute approximate surface area is 106 Å². The Hall–Kier alpha value is -0.0300. The molecule has 4 heteroatoms. The van der Waals surface area contributed by atoms with Gasteiger partial charge in [-0.3, -0.25) is 0 Å². The van der Waals surface area contributed by atoms with Gasteiger partial charge in [0.2, 0.25) is 0 Å². The van der Waals surface area contributed by atoms with Crippen LogP contribution in [0.1, 0.15) is 38.0 Å². The van der Waals surface area contributed by atoms with Crippen LogP contribution < -0.4 is 5.73 Å². The summed E-state index contributed by atoms with van der Waals surface area (Å²) in [4.78, 5) is 0. The van der Waals surface area contributed by atoms with E-state index in [1.165, 1.54) is 5.56 Å². The van der Waals surface area contributed by atoms with Gasteiger partial charge in [0, 0.05) is 16.5 Å². The number of aliphatic hydroxyl groups is 1. The summed E-state index contributed by atoms with van der Waals surface area (Å²) in [6, 6.07) is 2.29. The normalized spacial score (nSPS) is 19.1. The summed E-state index contributed by atoms with van der Waals surface area (Å²) in [5.41, 5.74) is 7.45. The van der Waals surface area contributed by atoms with Gasteiger partial charge in [0.15, 0.2) is 0 Å². The summed E-state index contributed by atoms with van der Waals surface area (Å²) in [5.74, 6) is 0. The Kier molecular flexibility index (Phi) is 5.83. The van der Waals surface area contributed by atoms with Gasteiger partial charge in [-0.1, -0.05) is 13.8 Å². The summed E-state index contributed by atoms with van der Waals surface area (Å²) in [6.45, 7) is 5.99. The summed E-state index contributed by atoms with van der Waals surface area (Å²) >= 11 is 3.47. The third-order valence-corrected chi connectivity index (χ3v) is 5.21. The molecule has 0 radical (unpaired) electrons. The van der Waals surface area contributed by atoms with E-state index in [0.29, 0.717) is 5.25 Å². The largest absolute Gasteiger partial charge is 0.392 e. The zero-order valence-electron chi connectivity index (χ0n) is 10.1. The van der Waals surface area contributed by atoms with Gasteiger partial charge < -0.3 is 10.8 Å². The third kappa shape index (κ3) is 3.77. The minimum atomic E-state index is -0.296. The number of aliphatic hydroxyl groups excluding tert-OH is 1. The van der Waals surface area contributed by atoms with E-state index < -0.39 is 0 Å². The van der Waals surface area contributed by atoms with Gasteiger partial charge in [-0.25, -0.2) is 0 Å². The third-order valence-electron chi connectivity index (χ3n) is 2.77. The van der Waals surface area contributed by atoms with Crippen molar-refractivity contribution < 1.29 is 5.11 Å². The molecule has 1 aromatic heterocycles. The molecule has 1 heterocycles. The average Bonchev–Trinajstić information content (AvgIpc) is 2.77. The number of thioether (sulfide) groups is 1. The smallest absolute Gasteiger partial charge is 0.0628 e.